The summed E-state index contributed by atoms with van der Waals surface area (Å²) in [7, 11) is 1.53. The maximum absolute atomic E-state index is 9.25. The molecule has 0 fully saturated rings. The number of hydrogen-bond donors (Lipinski definition) is 3. The van der Waals surface area contributed by atoms with Crippen LogP contribution in [0.1, 0.15) is 24.1 Å². The molecule has 4 heteroatoms. The van der Waals surface area contributed by atoms with Crippen LogP contribution in [0.4, 0.5) is 0 Å². The molecule has 0 spiro atoms. The average molecular weight is 435 g/mol. The summed E-state index contributed by atoms with van der Waals surface area (Å²) in [6.07, 6.45) is 6.84. The molecule has 32 heavy (non-hydrogen) atoms. The van der Waals surface area contributed by atoms with E-state index in [0.29, 0.717) is 17.2 Å². The van der Waals surface area contributed by atoms with E-state index in [1.807, 2.05) is 42.5 Å². The predicted molar refractivity (Wildman–Crippen MR) is 135 cm³/mol. The SMILES string of the molecule is C.C=CCc1ccc(O)c(OC)c1.C=CCc1ccccc1O.C=Cc1ccc(O)cc1. The number of para-hydroxylation sites is 1. The zero-order valence-corrected chi connectivity index (χ0v) is 17.9. The lowest BCUT2D eigenvalue weighted by molar-refractivity contribution is 0.373. The van der Waals surface area contributed by atoms with Gasteiger partial charge in [-0.25, -0.2) is 0 Å². The highest BCUT2D eigenvalue weighted by molar-refractivity contribution is 5.48. The molecule has 0 saturated carbocycles. The van der Waals surface area contributed by atoms with Gasteiger partial charge in [0.05, 0.1) is 7.11 Å². The normalized spacial score (nSPS) is 8.91. The van der Waals surface area contributed by atoms with Crippen molar-refractivity contribution in [3.05, 3.63) is 115 Å². The van der Waals surface area contributed by atoms with Crippen LogP contribution >= 0.6 is 0 Å². The van der Waals surface area contributed by atoms with Crippen LogP contribution in [0.25, 0.3) is 6.08 Å². The van der Waals surface area contributed by atoms with Crippen molar-refractivity contribution in [3.8, 4) is 23.0 Å². The molecule has 0 aromatic heterocycles. The summed E-state index contributed by atoms with van der Waals surface area (Å²) in [4.78, 5) is 0. The minimum absolute atomic E-state index is 0. The van der Waals surface area contributed by atoms with Crippen molar-refractivity contribution in [3.63, 3.8) is 0 Å². The van der Waals surface area contributed by atoms with E-state index in [9.17, 15) is 10.2 Å². The topological polar surface area (TPSA) is 69.9 Å². The summed E-state index contributed by atoms with van der Waals surface area (Å²) >= 11 is 0. The maximum Gasteiger partial charge on any atom is 0.160 e. The third-order valence-corrected chi connectivity index (χ3v) is 4.11. The molecule has 0 heterocycles. The third kappa shape index (κ3) is 10.2. The van der Waals surface area contributed by atoms with Crippen LogP contribution < -0.4 is 4.74 Å². The van der Waals surface area contributed by atoms with Crippen molar-refractivity contribution < 1.29 is 20.1 Å². The predicted octanol–water partition coefficient (Wildman–Crippen LogP) is 6.92. The quantitative estimate of drug-likeness (QED) is 0.368. The van der Waals surface area contributed by atoms with Gasteiger partial charge >= 0.3 is 0 Å². The van der Waals surface area contributed by atoms with Gasteiger partial charge in [-0.05, 0) is 59.9 Å². The van der Waals surface area contributed by atoms with Gasteiger partial charge < -0.3 is 20.1 Å². The summed E-state index contributed by atoms with van der Waals surface area (Å²) < 4.78 is 4.95. The van der Waals surface area contributed by atoms with Gasteiger partial charge in [0, 0.05) is 0 Å². The standard InChI is InChI=1S/C10H12O2.C9H10O.C8H8O.CH4/c1-3-4-8-5-6-9(11)10(7-8)12-2;1-2-5-8-6-3-4-7-9(8)10;1-2-7-3-5-8(9)6-4-7;/h3,5-7,11H,1,4H2,2H3;2-4,6-7,10H,1,5H2;2-6,9H,1H2;1H4. The third-order valence-electron chi connectivity index (χ3n) is 4.11. The molecule has 3 aromatic carbocycles. The lowest BCUT2D eigenvalue weighted by atomic mass is 10.1. The van der Waals surface area contributed by atoms with E-state index in [0.717, 1.165) is 29.5 Å². The number of hydrogen-bond acceptors (Lipinski definition) is 4. The molecule has 3 aromatic rings. The van der Waals surface area contributed by atoms with Crippen LogP contribution in [-0.4, -0.2) is 22.4 Å². The van der Waals surface area contributed by atoms with Crippen molar-refractivity contribution in [1.82, 2.24) is 0 Å². The Labute approximate surface area is 192 Å². The Balaban J connectivity index is 0.000000448. The minimum Gasteiger partial charge on any atom is -0.508 e. The first kappa shape index (κ1) is 28.1. The first-order chi connectivity index (χ1) is 14.9. The van der Waals surface area contributed by atoms with E-state index in [2.05, 4.69) is 19.7 Å². The lowest BCUT2D eigenvalue weighted by Crippen LogP contribution is -1.86. The molecule has 0 saturated heterocycles. The number of methoxy groups -OCH3 is 1. The largest absolute Gasteiger partial charge is 0.508 e. The van der Waals surface area contributed by atoms with Crippen LogP contribution in [0.5, 0.6) is 23.0 Å². The average Bonchev–Trinajstić information content (AvgIpc) is 2.78. The number of ether oxygens (including phenoxy) is 1. The van der Waals surface area contributed by atoms with Crippen molar-refractivity contribution in [2.75, 3.05) is 7.11 Å². The molecule has 0 aliphatic rings. The number of aromatic hydroxyl groups is 3. The highest BCUT2D eigenvalue weighted by atomic mass is 16.5. The van der Waals surface area contributed by atoms with E-state index < -0.39 is 0 Å². The van der Waals surface area contributed by atoms with E-state index in [-0.39, 0.29) is 13.2 Å². The number of benzene rings is 3. The summed E-state index contributed by atoms with van der Waals surface area (Å²) in [5.74, 6) is 1.32. The van der Waals surface area contributed by atoms with Gasteiger partial charge in [-0.1, -0.05) is 68.6 Å². The van der Waals surface area contributed by atoms with Gasteiger partial charge in [0.2, 0.25) is 0 Å². The number of rotatable bonds is 6. The summed E-state index contributed by atoms with van der Waals surface area (Å²) in [6.45, 7) is 10.8. The molecule has 0 radical (unpaired) electrons. The molecule has 0 aliphatic carbocycles. The summed E-state index contributed by atoms with van der Waals surface area (Å²) in [6, 6.07) is 19.4. The Bertz CT molecular complexity index is 959. The molecule has 170 valence electrons. The van der Waals surface area contributed by atoms with Crippen LogP contribution in [0, 0.1) is 0 Å². The molecule has 4 nitrogen and oxygen atoms in total. The number of allylic oxidation sites excluding steroid dienone is 2. The molecule has 0 atom stereocenters. The Kier molecular flexibility index (Phi) is 13.9. The van der Waals surface area contributed by atoms with Crippen LogP contribution in [0.3, 0.4) is 0 Å². The molecule has 0 aliphatic heterocycles. The Hall–Kier alpha value is -3.92. The van der Waals surface area contributed by atoms with Gasteiger partial charge in [0.15, 0.2) is 11.5 Å². The van der Waals surface area contributed by atoms with Crippen LogP contribution in [0.15, 0.2) is 98.6 Å². The highest BCUT2D eigenvalue weighted by Crippen LogP contribution is 2.26. The zero-order valence-electron chi connectivity index (χ0n) is 17.9. The second kappa shape index (κ2) is 15.9. The second-order valence-electron chi connectivity index (χ2n) is 6.42. The number of phenolic OH excluding ortho intramolecular Hbond substituents is 3. The first-order valence-electron chi connectivity index (χ1n) is 9.71. The molecular formula is C28H34O4. The van der Waals surface area contributed by atoms with Crippen molar-refractivity contribution >= 4 is 6.08 Å². The molecule has 0 unspecified atom stereocenters. The lowest BCUT2D eigenvalue weighted by Gasteiger charge is -2.04. The van der Waals surface area contributed by atoms with Crippen molar-refractivity contribution in [2.24, 2.45) is 0 Å². The van der Waals surface area contributed by atoms with Crippen molar-refractivity contribution in [2.45, 2.75) is 20.3 Å². The fourth-order valence-electron chi connectivity index (χ4n) is 2.47. The maximum atomic E-state index is 9.25. The van der Waals surface area contributed by atoms with E-state index in [4.69, 9.17) is 9.84 Å². The Morgan fingerprint density at radius 3 is 1.94 bits per heavy atom. The molecular weight excluding hydrogens is 400 g/mol. The van der Waals surface area contributed by atoms with E-state index in [1.165, 1.54) is 7.11 Å². The van der Waals surface area contributed by atoms with E-state index >= 15 is 0 Å². The molecule has 0 bridgehead atoms. The monoisotopic (exact) mass is 434 g/mol. The minimum atomic E-state index is 0. The zero-order chi connectivity index (χ0) is 23.1. The van der Waals surface area contributed by atoms with Gasteiger partial charge in [-0.15, -0.1) is 13.2 Å². The fourth-order valence-corrected chi connectivity index (χ4v) is 2.47. The molecule has 0 amide bonds. The molecule has 3 rings (SSSR count). The fraction of sp³-hybridized carbons (Fsp3) is 0.143. The second-order valence-corrected chi connectivity index (χ2v) is 6.42. The van der Waals surface area contributed by atoms with Gasteiger partial charge in [-0.2, -0.15) is 0 Å². The van der Waals surface area contributed by atoms with Gasteiger partial charge in [0.25, 0.3) is 0 Å². The smallest absolute Gasteiger partial charge is 0.160 e. The number of phenols is 3. The summed E-state index contributed by atoms with van der Waals surface area (Å²) in [5, 5.41) is 27.3. The summed E-state index contributed by atoms with van der Waals surface area (Å²) in [5.41, 5.74) is 3.03. The Morgan fingerprint density at radius 2 is 1.41 bits per heavy atom. The van der Waals surface area contributed by atoms with Gasteiger partial charge in [-0.3, -0.25) is 0 Å². The van der Waals surface area contributed by atoms with Crippen molar-refractivity contribution in [1.29, 1.82) is 0 Å². The van der Waals surface area contributed by atoms with Crippen LogP contribution in [-0.2, 0) is 12.8 Å². The van der Waals surface area contributed by atoms with Gasteiger partial charge in [0.1, 0.15) is 11.5 Å². The first-order valence-corrected chi connectivity index (χ1v) is 9.71. The van der Waals surface area contributed by atoms with E-state index in [1.54, 1.807) is 42.5 Å². The Morgan fingerprint density at radius 1 is 0.781 bits per heavy atom. The van der Waals surface area contributed by atoms with Crippen LogP contribution in [0.2, 0.25) is 0 Å². The highest BCUT2D eigenvalue weighted by Gasteiger charge is 2.00. The molecule has 3 N–H and O–H groups in total.